The van der Waals surface area contributed by atoms with Crippen LogP contribution in [0.25, 0.3) is 28.3 Å². The van der Waals surface area contributed by atoms with Gasteiger partial charge in [-0.2, -0.15) is 0 Å². The Bertz CT molecular complexity index is 961. The smallest absolute Gasteiger partial charge is 0.0164 e. The van der Waals surface area contributed by atoms with Crippen LogP contribution in [-0.4, -0.2) is 0 Å². The van der Waals surface area contributed by atoms with Crippen molar-refractivity contribution < 1.29 is 0 Å². The molecule has 1 radical (unpaired) electrons. The van der Waals surface area contributed by atoms with Crippen LogP contribution in [0.1, 0.15) is 49.8 Å². The van der Waals surface area contributed by atoms with Crippen molar-refractivity contribution in [3.8, 4) is 22.3 Å². The second-order valence-electron chi connectivity index (χ2n) is 7.33. The van der Waals surface area contributed by atoms with Crippen molar-refractivity contribution in [2.24, 2.45) is 0 Å². The summed E-state index contributed by atoms with van der Waals surface area (Å²) in [5.41, 5.74) is 11.0. The van der Waals surface area contributed by atoms with Crippen LogP contribution < -0.4 is 0 Å². The van der Waals surface area contributed by atoms with Crippen molar-refractivity contribution in [3.05, 3.63) is 95.4 Å². The number of rotatable bonds is 6. The first-order valence-corrected chi connectivity index (χ1v) is 10.2. The Balaban J connectivity index is 1.94. The molecule has 0 atom stereocenters. The van der Waals surface area contributed by atoms with Crippen LogP contribution in [0, 0.1) is 6.42 Å². The number of benzene rings is 3. The van der Waals surface area contributed by atoms with E-state index in [4.69, 9.17) is 0 Å². The lowest BCUT2D eigenvalue weighted by atomic mass is 9.86. The van der Waals surface area contributed by atoms with E-state index in [1.54, 1.807) is 0 Å². The van der Waals surface area contributed by atoms with Gasteiger partial charge in [0.15, 0.2) is 0 Å². The first-order chi connectivity index (χ1) is 13.3. The molecular weight excluding hydrogens is 324 g/mol. The number of hydrogen-bond donors (Lipinski definition) is 0. The SMILES string of the molecule is CCCCC1=Cc2c(ccc(-c3ccccc3)c2-c2ccccc2CC)[CH]1. The maximum absolute atomic E-state index is 2.43. The molecule has 0 unspecified atom stereocenters. The van der Waals surface area contributed by atoms with Crippen molar-refractivity contribution >= 4 is 6.08 Å². The Morgan fingerprint density at radius 3 is 2.30 bits per heavy atom. The average molecular weight is 352 g/mol. The highest BCUT2D eigenvalue weighted by atomic mass is 14.2. The molecule has 4 rings (SSSR count). The Morgan fingerprint density at radius 2 is 1.52 bits per heavy atom. The normalized spacial score (nSPS) is 12.7. The summed E-state index contributed by atoms with van der Waals surface area (Å²) < 4.78 is 0. The molecule has 0 fully saturated rings. The van der Waals surface area contributed by atoms with E-state index in [0.717, 1.165) is 6.42 Å². The summed E-state index contributed by atoms with van der Waals surface area (Å²) in [6, 6.07) is 24.3. The fraction of sp³-hybridized carbons (Fsp3) is 0.222. The largest absolute Gasteiger partial charge is 0.0654 e. The van der Waals surface area contributed by atoms with Crippen molar-refractivity contribution in [2.45, 2.75) is 39.5 Å². The van der Waals surface area contributed by atoms with Crippen molar-refractivity contribution in [1.29, 1.82) is 0 Å². The van der Waals surface area contributed by atoms with E-state index in [9.17, 15) is 0 Å². The number of hydrogen-bond acceptors (Lipinski definition) is 0. The minimum absolute atomic E-state index is 1.05. The maximum Gasteiger partial charge on any atom is 0.0164 e. The standard InChI is InChI=1S/C27H27/c1-3-5-11-20-18-23-16-17-25(22-13-7-6-8-14-22)27(26(23)19-20)24-15-10-9-12-21(24)4-2/h6-10,12-19H,3-5,11H2,1-2H3. The highest BCUT2D eigenvalue weighted by Gasteiger charge is 2.21. The third-order valence-corrected chi connectivity index (χ3v) is 5.52. The van der Waals surface area contributed by atoms with E-state index in [1.165, 1.54) is 63.8 Å². The fourth-order valence-corrected chi connectivity index (χ4v) is 4.09. The van der Waals surface area contributed by atoms with Crippen LogP contribution in [0.4, 0.5) is 0 Å². The van der Waals surface area contributed by atoms with Gasteiger partial charge in [0.05, 0.1) is 0 Å². The summed E-state index contributed by atoms with van der Waals surface area (Å²) in [5.74, 6) is 0. The molecule has 0 spiro atoms. The maximum atomic E-state index is 2.43. The molecule has 135 valence electrons. The lowest BCUT2D eigenvalue weighted by Gasteiger charge is -2.17. The van der Waals surface area contributed by atoms with Gasteiger partial charge < -0.3 is 0 Å². The minimum Gasteiger partial charge on any atom is -0.0654 e. The van der Waals surface area contributed by atoms with Crippen molar-refractivity contribution in [1.82, 2.24) is 0 Å². The van der Waals surface area contributed by atoms with Gasteiger partial charge in [0.1, 0.15) is 0 Å². The minimum atomic E-state index is 1.05. The number of aryl methyl sites for hydroxylation is 1. The first-order valence-electron chi connectivity index (χ1n) is 10.2. The van der Waals surface area contributed by atoms with Crippen LogP contribution >= 0.6 is 0 Å². The van der Waals surface area contributed by atoms with Gasteiger partial charge in [-0.3, -0.25) is 0 Å². The quantitative estimate of drug-likeness (QED) is 0.426. The Labute approximate surface area is 163 Å². The topological polar surface area (TPSA) is 0 Å². The molecule has 0 aliphatic heterocycles. The summed E-state index contributed by atoms with van der Waals surface area (Å²) >= 11 is 0. The molecule has 0 bridgehead atoms. The van der Waals surface area contributed by atoms with E-state index in [-0.39, 0.29) is 0 Å². The second-order valence-corrected chi connectivity index (χ2v) is 7.33. The molecule has 0 N–H and O–H groups in total. The molecule has 0 aromatic heterocycles. The van der Waals surface area contributed by atoms with Crippen LogP contribution in [-0.2, 0) is 6.42 Å². The number of unbranched alkanes of at least 4 members (excludes halogenated alkanes) is 1. The highest BCUT2D eigenvalue weighted by molar-refractivity contribution is 5.94. The fourth-order valence-electron chi connectivity index (χ4n) is 4.09. The lowest BCUT2D eigenvalue weighted by Crippen LogP contribution is -1.95. The molecule has 0 saturated carbocycles. The summed E-state index contributed by atoms with van der Waals surface area (Å²) in [5, 5.41) is 0. The van der Waals surface area contributed by atoms with E-state index in [1.807, 2.05) is 0 Å². The zero-order valence-corrected chi connectivity index (χ0v) is 16.3. The molecule has 0 heterocycles. The molecular formula is C27H27. The van der Waals surface area contributed by atoms with Crippen LogP contribution in [0.15, 0.2) is 72.3 Å². The lowest BCUT2D eigenvalue weighted by molar-refractivity contribution is 0.797. The van der Waals surface area contributed by atoms with Gasteiger partial charge in [0, 0.05) is 6.42 Å². The number of fused-ring (bicyclic) bond motifs is 1. The number of allylic oxidation sites excluding steroid dienone is 1. The van der Waals surface area contributed by atoms with Gasteiger partial charge in [-0.25, -0.2) is 0 Å². The van der Waals surface area contributed by atoms with Crippen molar-refractivity contribution in [2.75, 3.05) is 0 Å². The van der Waals surface area contributed by atoms with E-state index in [2.05, 4.69) is 93.1 Å². The van der Waals surface area contributed by atoms with Crippen molar-refractivity contribution in [3.63, 3.8) is 0 Å². The van der Waals surface area contributed by atoms with Gasteiger partial charge in [0.25, 0.3) is 0 Å². The molecule has 27 heavy (non-hydrogen) atoms. The summed E-state index contributed by atoms with van der Waals surface area (Å²) in [4.78, 5) is 0. The van der Waals surface area contributed by atoms with E-state index in [0.29, 0.717) is 0 Å². The molecule has 1 aliphatic carbocycles. The molecule has 0 heteroatoms. The summed E-state index contributed by atoms with van der Waals surface area (Å²) in [6.45, 7) is 4.51. The first kappa shape index (κ1) is 17.8. The molecule has 3 aromatic rings. The summed E-state index contributed by atoms with van der Waals surface area (Å²) in [6.07, 6.45) is 9.52. The predicted molar refractivity (Wildman–Crippen MR) is 118 cm³/mol. The molecule has 3 aromatic carbocycles. The van der Waals surface area contributed by atoms with Gasteiger partial charge in [-0.1, -0.05) is 98.6 Å². The Morgan fingerprint density at radius 1 is 0.741 bits per heavy atom. The Kier molecular flexibility index (Phi) is 5.25. The third kappa shape index (κ3) is 3.49. The zero-order valence-electron chi connectivity index (χ0n) is 16.3. The third-order valence-electron chi connectivity index (χ3n) is 5.52. The predicted octanol–water partition coefficient (Wildman–Crippen LogP) is 7.72. The average Bonchev–Trinajstić information content (AvgIpc) is 3.15. The summed E-state index contributed by atoms with van der Waals surface area (Å²) in [7, 11) is 0. The molecule has 0 saturated heterocycles. The van der Waals surface area contributed by atoms with E-state index < -0.39 is 0 Å². The molecule has 0 nitrogen and oxygen atoms in total. The van der Waals surface area contributed by atoms with E-state index >= 15 is 0 Å². The van der Waals surface area contributed by atoms with Gasteiger partial charge >= 0.3 is 0 Å². The van der Waals surface area contributed by atoms with Gasteiger partial charge in [-0.15, -0.1) is 0 Å². The van der Waals surface area contributed by atoms with Gasteiger partial charge in [0.2, 0.25) is 0 Å². The van der Waals surface area contributed by atoms with Crippen LogP contribution in [0.3, 0.4) is 0 Å². The Hall–Kier alpha value is -2.60. The highest BCUT2D eigenvalue weighted by Crippen LogP contribution is 2.43. The van der Waals surface area contributed by atoms with Crippen LogP contribution in [0.2, 0.25) is 0 Å². The molecule has 0 amide bonds. The van der Waals surface area contributed by atoms with Crippen LogP contribution in [0.5, 0.6) is 0 Å². The van der Waals surface area contributed by atoms with Gasteiger partial charge in [-0.05, 0) is 58.2 Å². The molecule has 1 aliphatic rings. The second kappa shape index (κ2) is 7.96. The monoisotopic (exact) mass is 351 g/mol. The zero-order chi connectivity index (χ0) is 18.6.